The van der Waals surface area contributed by atoms with Gasteiger partial charge in [-0.1, -0.05) is 27.2 Å². The van der Waals surface area contributed by atoms with Crippen LogP contribution in [0, 0.1) is 12.8 Å². The van der Waals surface area contributed by atoms with E-state index in [-0.39, 0.29) is 23.3 Å². The summed E-state index contributed by atoms with van der Waals surface area (Å²) in [5, 5.41) is 0. The maximum Gasteiger partial charge on any atom is 0.330 e. The number of carbonyl (C=O) groups excluding carboxylic acids is 1. The SMILES string of the molecule is CCCCN(C(=O)c1ccc(OCC)c(C)c1)c1c(N)n(CC(C)C)c(=O)[nH]c1=O. The van der Waals surface area contributed by atoms with Crippen molar-refractivity contribution in [3.8, 4) is 5.75 Å². The lowest BCUT2D eigenvalue weighted by molar-refractivity contribution is 0.0986. The van der Waals surface area contributed by atoms with Gasteiger partial charge in [-0.15, -0.1) is 0 Å². The highest BCUT2D eigenvalue weighted by atomic mass is 16.5. The quantitative estimate of drug-likeness (QED) is 0.653. The third-order valence-electron chi connectivity index (χ3n) is 4.73. The molecule has 0 atom stereocenters. The molecule has 1 aromatic carbocycles. The largest absolute Gasteiger partial charge is 0.494 e. The fraction of sp³-hybridized carbons (Fsp3) is 0.500. The van der Waals surface area contributed by atoms with Gasteiger partial charge in [0, 0.05) is 18.7 Å². The van der Waals surface area contributed by atoms with Crippen molar-refractivity contribution in [1.29, 1.82) is 0 Å². The lowest BCUT2D eigenvalue weighted by Gasteiger charge is -2.25. The molecule has 2 rings (SSSR count). The number of amides is 1. The summed E-state index contributed by atoms with van der Waals surface area (Å²) >= 11 is 0. The smallest absolute Gasteiger partial charge is 0.330 e. The minimum Gasteiger partial charge on any atom is -0.494 e. The van der Waals surface area contributed by atoms with Gasteiger partial charge in [0.2, 0.25) is 0 Å². The number of ether oxygens (including phenoxy) is 1. The number of anilines is 2. The Morgan fingerprint density at radius 3 is 2.53 bits per heavy atom. The third-order valence-corrected chi connectivity index (χ3v) is 4.73. The van der Waals surface area contributed by atoms with Gasteiger partial charge in [-0.2, -0.15) is 0 Å². The van der Waals surface area contributed by atoms with Crippen molar-refractivity contribution < 1.29 is 9.53 Å². The fourth-order valence-electron chi connectivity index (χ4n) is 3.27. The Kier molecular flexibility index (Phi) is 7.86. The summed E-state index contributed by atoms with van der Waals surface area (Å²) in [6.45, 7) is 10.8. The third kappa shape index (κ3) is 5.11. The highest BCUT2D eigenvalue weighted by Gasteiger charge is 2.25. The Morgan fingerprint density at radius 1 is 1.27 bits per heavy atom. The number of carbonyl (C=O) groups is 1. The second-order valence-electron chi connectivity index (χ2n) is 7.72. The molecule has 1 amide bonds. The number of nitrogen functional groups attached to an aromatic ring is 1. The van der Waals surface area contributed by atoms with Crippen molar-refractivity contribution >= 4 is 17.4 Å². The van der Waals surface area contributed by atoms with Crippen LogP contribution in [0.2, 0.25) is 0 Å². The molecule has 8 nitrogen and oxygen atoms in total. The van der Waals surface area contributed by atoms with Gasteiger partial charge in [-0.3, -0.25) is 19.1 Å². The van der Waals surface area contributed by atoms with Gasteiger partial charge < -0.3 is 15.4 Å². The number of aryl methyl sites for hydroxylation is 1. The monoisotopic (exact) mass is 416 g/mol. The molecule has 8 heteroatoms. The number of hydrogen-bond acceptors (Lipinski definition) is 5. The van der Waals surface area contributed by atoms with Crippen molar-refractivity contribution in [2.75, 3.05) is 23.8 Å². The summed E-state index contributed by atoms with van der Waals surface area (Å²) in [7, 11) is 0. The van der Waals surface area contributed by atoms with E-state index >= 15 is 0 Å². The summed E-state index contributed by atoms with van der Waals surface area (Å²) in [5.41, 5.74) is 6.27. The molecule has 0 saturated carbocycles. The van der Waals surface area contributed by atoms with Crippen molar-refractivity contribution in [3.63, 3.8) is 0 Å². The number of unbranched alkanes of at least 4 members (excludes halogenated alkanes) is 1. The standard InChI is InChI=1S/C22H32N4O4/c1-6-8-11-25(21(28)16-9-10-17(30-7-2)15(5)12-16)18-19(23)26(13-14(3)4)22(29)24-20(18)27/h9-10,12,14H,6-8,11,13,23H2,1-5H3,(H,24,27,29). The lowest BCUT2D eigenvalue weighted by Crippen LogP contribution is -2.42. The molecule has 0 fully saturated rings. The zero-order valence-corrected chi connectivity index (χ0v) is 18.4. The molecule has 0 aliphatic rings. The molecular formula is C22H32N4O4. The number of aromatic nitrogens is 2. The molecule has 0 aliphatic heterocycles. The molecule has 30 heavy (non-hydrogen) atoms. The number of rotatable bonds is 9. The van der Waals surface area contributed by atoms with Gasteiger partial charge >= 0.3 is 5.69 Å². The average molecular weight is 417 g/mol. The number of nitrogens with two attached hydrogens (primary N) is 1. The Balaban J connectivity index is 2.58. The van der Waals surface area contributed by atoms with Crippen LogP contribution in [0.5, 0.6) is 5.75 Å². The molecule has 0 spiro atoms. The number of nitrogens with zero attached hydrogens (tertiary/aromatic N) is 2. The first-order valence-corrected chi connectivity index (χ1v) is 10.4. The van der Waals surface area contributed by atoms with E-state index in [1.807, 2.05) is 34.6 Å². The van der Waals surface area contributed by atoms with Gasteiger partial charge in [0.25, 0.3) is 11.5 Å². The average Bonchev–Trinajstić information content (AvgIpc) is 2.68. The maximum absolute atomic E-state index is 13.4. The highest BCUT2D eigenvalue weighted by molar-refractivity contribution is 6.07. The van der Waals surface area contributed by atoms with Crippen LogP contribution in [0.25, 0.3) is 0 Å². The number of hydrogen-bond donors (Lipinski definition) is 2. The lowest BCUT2D eigenvalue weighted by atomic mass is 10.1. The summed E-state index contributed by atoms with van der Waals surface area (Å²) in [5.74, 6) is 0.500. The zero-order valence-electron chi connectivity index (χ0n) is 18.4. The topological polar surface area (TPSA) is 110 Å². The minimum atomic E-state index is -0.662. The van der Waals surface area contributed by atoms with E-state index < -0.39 is 11.2 Å². The summed E-state index contributed by atoms with van der Waals surface area (Å²) in [4.78, 5) is 42.0. The molecule has 0 radical (unpaired) electrons. The van der Waals surface area contributed by atoms with Crippen molar-refractivity contribution in [2.24, 2.45) is 5.92 Å². The number of aromatic amines is 1. The van der Waals surface area contributed by atoms with Crippen molar-refractivity contribution in [1.82, 2.24) is 9.55 Å². The van der Waals surface area contributed by atoms with Crippen LogP contribution < -0.4 is 26.6 Å². The molecule has 0 saturated heterocycles. The van der Waals surface area contributed by atoms with Crippen LogP contribution in [0.4, 0.5) is 11.5 Å². The summed E-state index contributed by atoms with van der Waals surface area (Å²) < 4.78 is 6.86. The molecule has 164 valence electrons. The first-order valence-electron chi connectivity index (χ1n) is 10.4. The molecule has 3 N–H and O–H groups in total. The van der Waals surface area contributed by atoms with Gasteiger partial charge in [0.05, 0.1) is 6.61 Å². The van der Waals surface area contributed by atoms with Crippen molar-refractivity contribution in [2.45, 2.75) is 54.0 Å². The Hall–Kier alpha value is -3.03. The second kappa shape index (κ2) is 10.1. The molecule has 2 aromatic rings. The Morgan fingerprint density at radius 2 is 1.97 bits per heavy atom. The number of H-pyrrole nitrogens is 1. The zero-order chi connectivity index (χ0) is 22.4. The fourth-order valence-corrected chi connectivity index (χ4v) is 3.27. The van der Waals surface area contributed by atoms with E-state index in [1.165, 1.54) is 9.47 Å². The van der Waals surface area contributed by atoms with E-state index in [0.717, 1.165) is 12.0 Å². The van der Waals surface area contributed by atoms with Crippen molar-refractivity contribution in [3.05, 3.63) is 50.2 Å². The summed E-state index contributed by atoms with van der Waals surface area (Å²) in [6.07, 6.45) is 1.51. The Labute approximate surface area is 176 Å². The normalized spacial score (nSPS) is 11.0. The predicted octanol–water partition coefficient (Wildman–Crippen LogP) is 2.93. The predicted molar refractivity (Wildman–Crippen MR) is 120 cm³/mol. The second-order valence-corrected chi connectivity index (χ2v) is 7.72. The highest BCUT2D eigenvalue weighted by Crippen LogP contribution is 2.24. The number of benzene rings is 1. The van der Waals surface area contributed by atoms with Gasteiger partial charge in [0.1, 0.15) is 11.6 Å². The molecule has 1 heterocycles. The molecule has 0 aliphatic carbocycles. The maximum atomic E-state index is 13.4. The first-order chi connectivity index (χ1) is 14.2. The molecule has 0 unspecified atom stereocenters. The minimum absolute atomic E-state index is 0.00422. The van der Waals surface area contributed by atoms with Gasteiger partial charge in [0.15, 0.2) is 5.69 Å². The Bertz CT molecular complexity index is 1010. The van der Waals surface area contributed by atoms with E-state index in [0.29, 0.717) is 37.4 Å². The van der Waals surface area contributed by atoms with Crippen LogP contribution in [-0.2, 0) is 6.54 Å². The van der Waals surface area contributed by atoms with E-state index in [4.69, 9.17) is 10.5 Å². The van der Waals surface area contributed by atoms with Crippen LogP contribution in [0.1, 0.15) is 56.5 Å². The van der Waals surface area contributed by atoms with Crippen LogP contribution in [0.15, 0.2) is 27.8 Å². The molecular weight excluding hydrogens is 384 g/mol. The van der Waals surface area contributed by atoms with Crippen LogP contribution in [-0.4, -0.2) is 28.6 Å². The van der Waals surface area contributed by atoms with Crippen LogP contribution >= 0.6 is 0 Å². The van der Waals surface area contributed by atoms with Gasteiger partial charge in [-0.05, 0) is 49.9 Å². The van der Waals surface area contributed by atoms with E-state index in [2.05, 4.69) is 4.98 Å². The molecule has 0 bridgehead atoms. The molecule has 1 aromatic heterocycles. The van der Waals surface area contributed by atoms with E-state index in [1.54, 1.807) is 18.2 Å². The first kappa shape index (κ1) is 23.3. The summed E-state index contributed by atoms with van der Waals surface area (Å²) in [6, 6.07) is 5.16. The van der Waals surface area contributed by atoms with Crippen LogP contribution in [0.3, 0.4) is 0 Å². The van der Waals surface area contributed by atoms with Gasteiger partial charge in [-0.25, -0.2) is 4.79 Å². The number of nitrogens with one attached hydrogen (secondary N) is 1. The van der Waals surface area contributed by atoms with E-state index in [9.17, 15) is 14.4 Å².